The number of ether oxygens (including phenoxy) is 2. The van der Waals surface area contributed by atoms with E-state index in [0.29, 0.717) is 11.5 Å². The van der Waals surface area contributed by atoms with E-state index in [1.807, 2.05) is 39.8 Å². The van der Waals surface area contributed by atoms with Gasteiger partial charge < -0.3 is 19.9 Å². The molecule has 0 aliphatic heterocycles. The Labute approximate surface area is 178 Å². The van der Waals surface area contributed by atoms with Gasteiger partial charge in [0.15, 0.2) is 0 Å². The first-order chi connectivity index (χ1) is 13.1. The standard InChI is InChI=1S/C24H45NO4/c1-13-14-20(25-22(26)29-23(7,8)9)21(18(5)24(10,11)27)17(4)15(2)16(3)19(6)28-12/h13-17,19-21,27H,5H2,1-4,6-12H3,(H,25,26)/b14-13+/t15-,16-,17+,19-,20?,21+/m0/s1. The van der Waals surface area contributed by atoms with Gasteiger partial charge in [-0.1, -0.05) is 39.5 Å². The van der Waals surface area contributed by atoms with Gasteiger partial charge >= 0.3 is 6.09 Å². The third-order valence-electron chi connectivity index (χ3n) is 6.00. The number of allylic oxidation sites excluding steroid dienone is 1. The molecule has 0 spiro atoms. The molecule has 0 aromatic carbocycles. The molecule has 0 aromatic heterocycles. The van der Waals surface area contributed by atoms with Crippen LogP contribution in [0.1, 0.15) is 69.2 Å². The molecule has 0 saturated carbocycles. The molecule has 1 unspecified atom stereocenters. The van der Waals surface area contributed by atoms with Crippen LogP contribution in [0.5, 0.6) is 0 Å². The molecular weight excluding hydrogens is 366 g/mol. The van der Waals surface area contributed by atoms with Crippen LogP contribution in [0.25, 0.3) is 0 Å². The van der Waals surface area contributed by atoms with E-state index in [1.165, 1.54) is 0 Å². The fraction of sp³-hybridized carbons (Fsp3) is 0.792. The maximum Gasteiger partial charge on any atom is 0.408 e. The van der Waals surface area contributed by atoms with Gasteiger partial charge in [-0.25, -0.2) is 4.79 Å². The highest BCUT2D eigenvalue weighted by atomic mass is 16.6. The number of alkyl carbamates (subject to hydrolysis) is 1. The number of aliphatic hydroxyl groups is 1. The van der Waals surface area contributed by atoms with Gasteiger partial charge in [0, 0.05) is 13.0 Å². The molecule has 170 valence electrons. The fourth-order valence-corrected chi connectivity index (χ4v) is 3.63. The average Bonchev–Trinajstić information content (AvgIpc) is 2.57. The Bertz CT molecular complexity index is 556. The zero-order valence-electron chi connectivity index (χ0n) is 20.5. The summed E-state index contributed by atoms with van der Waals surface area (Å²) in [7, 11) is 1.72. The van der Waals surface area contributed by atoms with Crippen molar-refractivity contribution in [2.24, 2.45) is 23.7 Å². The van der Waals surface area contributed by atoms with Gasteiger partial charge in [0.25, 0.3) is 0 Å². The zero-order chi connectivity index (χ0) is 23.2. The van der Waals surface area contributed by atoms with Crippen molar-refractivity contribution in [3.8, 4) is 0 Å². The highest BCUT2D eigenvalue weighted by Crippen LogP contribution is 2.38. The van der Waals surface area contributed by atoms with Gasteiger partial charge in [-0.2, -0.15) is 0 Å². The predicted octanol–water partition coefficient (Wildman–Crippen LogP) is 5.34. The Morgan fingerprint density at radius 2 is 1.55 bits per heavy atom. The molecule has 1 amide bonds. The first-order valence-corrected chi connectivity index (χ1v) is 10.6. The average molecular weight is 412 g/mol. The van der Waals surface area contributed by atoms with Crippen molar-refractivity contribution in [2.45, 2.75) is 92.6 Å². The molecule has 0 saturated heterocycles. The van der Waals surface area contributed by atoms with E-state index in [2.05, 4.69) is 39.6 Å². The van der Waals surface area contributed by atoms with E-state index in [9.17, 15) is 9.90 Å². The number of rotatable bonds is 10. The summed E-state index contributed by atoms with van der Waals surface area (Å²) in [6, 6.07) is -0.351. The molecule has 0 fully saturated rings. The van der Waals surface area contributed by atoms with Crippen molar-refractivity contribution < 1.29 is 19.4 Å². The molecule has 0 aliphatic carbocycles. The minimum atomic E-state index is -1.08. The van der Waals surface area contributed by atoms with Crippen LogP contribution in [0.15, 0.2) is 24.3 Å². The molecule has 0 aromatic rings. The van der Waals surface area contributed by atoms with Gasteiger partial charge in [0.05, 0.1) is 17.7 Å². The Morgan fingerprint density at radius 3 is 1.93 bits per heavy atom. The van der Waals surface area contributed by atoms with E-state index < -0.39 is 17.3 Å². The van der Waals surface area contributed by atoms with Crippen LogP contribution in [-0.4, -0.2) is 41.7 Å². The lowest BCUT2D eigenvalue weighted by Crippen LogP contribution is -2.48. The molecule has 5 nitrogen and oxygen atoms in total. The Morgan fingerprint density at radius 1 is 1.03 bits per heavy atom. The molecule has 0 radical (unpaired) electrons. The topological polar surface area (TPSA) is 67.8 Å². The maximum absolute atomic E-state index is 12.5. The number of nitrogens with one attached hydrogen (secondary N) is 1. The quantitative estimate of drug-likeness (QED) is 0.476. The maximum atomic E-state index is 12.5. The van der Waals surface area contributed by atoms with Gasteiger partial charge in [-0.05, 0) is 71.8 Å². The largest absolute Gasteiger partial charge is 0.444 e. The fourth-order valence-electron chi connectivity index (χ4n) is 3.63. The van der Waals surface area contributed by atoms with E-state index in [1.54, 1.807) is 21.0 Å². The lowest BCUT2D eigenvalue weighted by molar-refractivity contribution is 0.0238. The number of hydrogen-bond donors (Lipinski definition) is 2. The summed E-state index contributed by atoms with van der Waals surface area (Å²) in [5.74, 6) is 0.500. The van der Waals surface area contributed by atoms with E-state index in [4.69, 9.17) is 9.47 Å². The second-order valence-electron chi connectivity index (χ2n) is 9.83. The summed E-state index contributed by atoms with van der Waals surface area (Å²) >= 11 is 0. The van der Waals surface area contributed by atoms with E-state index in [-0.39, 0.29) is 29.9 Å². The Kier molecular flexibility index (Phi) is 10.7. The lowest BCUT2D eigenvalue weighted by atomic mass is 9.68. The summed E-state index contributed by atoms with van der Waals surface area (Å²) in [6.45, 7) is 23.7. The highest BCUT2D eigenvalue weighted by Gasteiger charge is 2.39. The third-order valence-corrected chi connectivity index (χ3v) is 6.00. The highest BCUT2D eigenvalue weighted by molar-refractivity contribution is 5.68. The first kappa shape index (κ1) is 27.7. The van der Waals surface area contributed by atoms with Crippen molar-refractivity contribution in [2.75, 3.05) is 7.11 Å². The number of carbonyl (C=O) groups is 1. The zero-order valence-corrected chi connectivity index (χ0v) is 20.5. The second-order valence-corrected chi connectivity index (χ2v) is 9.83. The summed E-state index contributed by atoms with van der Waals surface area (Å²) in [4.78, 5) is 12.5. The molecule has 2 N–H and O–H groups in total. The number of hydrogen-bond acceptors (Lipinski definition) is 4. The van der Waals surface area contributed by atoms with Crippen LogP contribution in [0.3, 0.4) is 0 Å². The molecular formula is C24H45NO4. The van der Waals surface area contributed by atoms with Gasteiger partial charge in [-0.3, -0.25) is 0 Å². The van der Waals surface area contributed by atoms with Crippen molar-refractivity contribution in [1.82, 2.24) is 5.32 Å². The number of methoxy groups -OCH3 is 1. The van der Waals surface area contributed by atoms with Crippen LogP contribution in [0.4, 0.5) is 4.79 Å². The predicted molar refractivity (Wildman–Crippen MR) is 121 cm³/mol. The number of carbonyl (C=O) groups excluding carboxylic acids is 1. The van der Waals surface area contributed by atoms with Crippen molar-refractivity contribution >= 4 is 6.09 Å². The van der Waals surface area contributed by atoms with Crippen LogP contribution in [0.2, 0.25) is 0 Å². The van der Waals surface area contributed by atoms with Crippen LogP contribution >= 0.6 is 0 Å². The Balaban J connectivity index is 5.98. The van der Waals surface area contributed by atoms with Gasteiger partial charge in [-0.15, -0.1) is 0 Å². The number of amides is 1. The van der Waals surface area contributed by atoms with E-state index in [0.717, 1.165) is 0 Å². The van der Waals surface area contributed by atoms with E-state index >= 15 is 0 Å². The van der Waals surface area contributed by atoms with Crippen molar-refractivity contribution in [1.29, 1.82) is 0 Å². The molecule has 0 bridgehead atoms. The van der Waals surface area contributed by atoms with Crippen molar-refractivity contribution in [3.05, 3.63) is 24.3 Å². The molecule has 0 heterocycles. The van der Waals surface area contributed by atoms with Crippen LogP contribution in [-0.2, 0) is 9.47 Å². The summed E-state index contributed by atoms with van der Waals surface area (Å²) in [6.07, 6.45) is 3.47. The third kappa shape index (κ3) is 8.91. The van der Waals surface area contributed by atoms with Gasteiger partial charge in [0.2, 0.25) is 0 Å². The minimum Gasteiger partial charge on any atom is -0.444 e. The molecule has 0 aliphatic rings. The first-order valence-electron chi connectivity index (χ1n) is 10.6. The second kappa shape index (κ2) is 11.2. The van der Waals surface area contributed by atoms with Crippen LogP contribution in [0, 0.1) is 23.7 Å². The lowest BCUT2D eigenvalue weighted by Gasteiger charge is -2.41. The molecule has 6 atom stereocenters. The SMILES string of the molecule is C=C([C@H](C(/C=C/C)NC(=O)OC(C)(C)C)[C@H](C)[C@@H](C)[C@H](C)[C@H](C)OC)C(C)(C)O. The van der Waals surface area contributed by atoms with Crippen LogP contribution < -0.4 is 5.32 Å². The molecule has 29 heavy (non-hydrogen) atoms. The molecule has 5 heteroatoms. The molecule has 0 rings (SSSR count). The minimum absolute atomic E-state index is 0.0995. The smallest absolute Gasteiger partial charge is 0.408 e. The summed E-state index contributed by atoms with van der Waals surface area (Å²) in [5.41, 5.74) is -0.980. The summed E-state index contributed by atoms with van der Waals surface area (Å²) < 4.78 is 11.0. The Hall–Kier alpha value is -1.33. The van der Waals surface area contributed by atoms with Gasteiger partial charge in [0.1, 0.15) is 5.60 Å². The normalized spacial score (nSPS) is 19.2. The monoisotopic (exact) mass is 411 g/mol. The summed E-state index contributed by atoms with van der Waals surface area (Å²) in [5, 5.41) is 13.7. The van der Waals surface area contributed by atoms with Crippen molar-refractivity contribution in [3.63, 3.8) is 0 Å².